The molecule has 1 aliphatic heterocycles. The summed E-state index contributed by atoms with van der Waals surface area (Å²) in [5.74, 6) is -0.809. The summed E-state index contributed by atoms with van der Waals surface area (Å²) in [6.07, 6.45) is 1.60. The molecule has 5 rings (SSSR count). The summed E-state index contributed by atoms with van der Waals surface area (Å²) in [6, 6.07) is 4.00. The summed E-state index contributed by atoms with van der Waals surface area (Å²) < 4.78 is 30.1. The zero-order valence-electron chi connectivity index (χ0n) is 17.2. The lowest BCUT2D eigenvalue weighted by molar-refractivity contribution is -0.119. The van der Waals surface area contributed by atoms with Crippen LogP contribution in [0.25, 0.3) is 22.6 Å². The monoisotopic (exact) mass is 547 g/mol. The predicted molar refractivity (Wildman–Crippen MR) is 121 cm³/mol. The second-order valence-corrected chi connectivity index (χ2v) is 9.04. The molecule has 162 valence electrons. The van der Waals surface area contributed by atoms with Gasteiger partial charge in [0.15, 0.2) is 23.1 Å². The van der Waals surface area contributed by atoms with E-state index in [1.807, 2.05) is 13.8 Å². The Bertz CT molecular complexity index is 1430. The molecule has 1 amide bonds. The average molecular weight is 547 g/mol. The molecular formula is C21H16F2IN7O. The lowest BCUT2D eigenvalue weighted by Gasteiger charge is -2.15. The van der Waals surface area contributed by atoms with Crippen molar-refractivity contribution in [3.05, 3.63) is 56.7 Å². The van der Waals surface area contributed by atoms with Gasteiger partial charge in [0.2, 0.25) is 5.91 Å². The third-order valence-corrected chi connectivity index (χ3v) is 6.24. The predicted octanol–water partition coefficient (Wildman–Crippen LogP) is 3.75. The fourth-order valence-electron chi connectivity index (χ4n) is 3.71. The van der Waals surface area contributed by atoms with E-state index in [0.717, 1.165) is 11.6 Å². The van der Waals surface area contributed by atoms with Crippen LogP contribution in [-0.4, -0.2) is 35.6 Å². The smallest absolute Gasteiger partial charge is 0.235 e. The highest BCUT2D eigenvalue weighted by Gasteiger charge is 2.42. The SMILES string of the molecule is Cc1ncc2c(-c3nc(I)c4c(n3)NC(=O)C4(C)C)nn(Cc3cccc(F)c3F)c2n1. The number of anilines is 1. The van der Waals surface area contributed by atoms with E-state index in [0.29, 0.717) is 32.1 Å². The molecule has 3 aromatic heterocycles. The van der Waals surface area contributed by atoms with Crippen LogP contribution in [0.1, 0.15) is 30.8 Å². The Labute approximate surface area is 194 Å². The molecule has 1 aromatic carbocycles. The Morgan fingerprint density at radius 3 is 2.75 bits per heavy atom. The van der Waals surface area contributed by atoms with Gasteiger partial charge in [0, 0.05) is 17.3 Å². The lowest BCUT2D eigenvalue weighted by Crippen LogP contribution is -2.27. The molecule has 0 radical (unpaired) electrons. The van der Waals surface area contributed by atoms with E-state index >= 15 is 0 Å². The van der Waals surface area contributed by atoms with E-state index in [4.69, 9.17) is 0 Å². The maximum Gasteiger partial charge on any atom is 0.235 e. The summed E-state index contributed by atoms with van der Waals surface area (Å²) in [5, 5.41) is 7.94. The van der Waals surface area contributed by atoms with Gasteiger partial charge in [-0.05, 0) is 49.4 Å². The standard InChI is InChI=1S/C21H16F2IN7O/c1-9-25-7-11-15(18-27-16(24)13-17(28-18)29-20(32)21(13,2)3)30-31(19(11)26-9)8-10-5-4-6-12(22)14(10)23/h4-7H,8H2,1-3H3,(H,27,28,29,32). The van der Waals surface area contributed by atoms with Gasteiger partial charge in [-0.25, -0.2) is 33.4 Å². The number of aromatic nitrogens is 6. The van der Waals surface area contributed by atoms with E-state index in [2.05, 4.69) is 52.9 Å². The van der Waals surface area contributed by atoms with E-state index in [1.54, 1.807) is 13.1 Å². The minimum Gasteiger partial charge on any atom is -0.310 e. The molecule has 0 atom stereocenters. The highest BCUT2D eigenvalue weighted by molar-refractivity contribution is 14.1. The van der Waals surface area contributed by atoms with Crippen LogP contribution in [-0.2, 0) is 16.8 Å². The summed E-state index contributed by atoms with van der Waals surface area (Å²) in [4.78, 5) is 30.2. The first-order valence-corrected chi connectivity index (χ1v) is 10.8. The normalized spacial score (nSPS) is 14.6. The van der Waals surface area contributed by atoms with E-state index in [9.17, 15) is 13.6 Å². The van der Waals surface area contributed by atoms with Gasteiger partial charge >= 0.3 is 0 Å². The number of carbonyl (C=O) groups is 1. The Kier molecular flexibility index (Phi) is 4.69. The maximum atomic E-state index is 14.3. The highest BCUT2D eigenvalue weighted by atomic mass is 127. The average Bonchev–Trinajstić information content (AvgIpc) is 3.19. The Morgan fingerprint density at radius 1 is 1.19 bits per heavy atom. The molecule has 0 fully saturated rings. The van der Waals surface area contributed by atoms with Crippen LogP contribution in [0.2, 0.25) is 0 Å². The van der Waals surface area contributed by atoms with Crippen LogP contribution in [0.3, 0.4) is 0 Å². The van der Waals surface area contributed by atoms with Crippen molar-refractivity contribution >= 4 is 45.3 Å². The molecule has 4 heterocycles. The molecule has 11 heteroatoms. The number of fused-ring (bicyclic) bond motifs is 2. The van der Waals surface area contributed by atoms with Crippen molar-refractivity contribution in [3.8, 4) is 11.5 Å². The second-order valence-electron chi connectivity index (χ2n) is 8.01. The van der Waals surface area contributed by atoms with Gasteiger partial charge in [-0.3, -0.25) is 4.79 Å². The first kappa shape index (κ1) is 20.8. The lowest BCUT2D eigenvalue weighted by atomic mass is 9.88. The topological polar surface area (TPSA) is 98.5 Å². The zero-order chi connectivity index (χ0) is 22.8. The summed E-state index contributed by atoms with van der Waals surface area (Å²) >= 11 is 2.08. The van der Waals surface area contributed by atoms with Crippen LogP contribution in [0.4, 0.5) is 14.6 Å². The van der Waals surface area contributed by atoms with Gasteiger partial charge < -0.3 is 5.32 Å². The maximum absolute atomic E-state index is 14.3. The first-order chi connectivity index (χ1) is 15.2. The molecule has 8 nitrogen and oxygen atoms in total. The van der Waals surface area contributed by atoms with Gasteiger partial charge in [0.05, 0.1) is 17.3 Å². The van der Waals surface area contributed by atoms with E-state index < -0.39 is 17.0 Å². The van der Waals surface area contributed by atoms with Crippen molar-refractivity contribution in [1.82, 2.24) is 29.7 Å². The Balaban J connectivity index is 1.68. The van der Waals surface area contributed by atoms with Gasteiger partial charge in [0.25, 0.3) is 0 Å². The number of carbonyl (C=O) groups excluding carboxylic acids is 1. The van der Waals surface area contributed by atoms with Crippen molar-refractivity contribution in [1.29, 1.82) is 0 Å². The Morgan fingerprint density at radius 2 is 1.97 bits per heavy atom. The quantitative estimate of drug-likeness (QED) is 0.310. The molecule has 1 N–H and O–H groups in total. The number of hydrogen-bond donors (Lipinski definition) is 1. The minimum absolute atomic E-state index is 0.0393. The molecule has 4 aromatic rings. The van der Waals surface area contributed by atoms with Gasteiger partial charge in [0.1, 0.15) is 21.0 Å². The second kappa shape index (κ2) is 7.22. The van der Waals surface area contributed by atoms with Gasteiger partial charge in [-0.15, -0.1) is 0 Å². The summed E-state index contributed by atoms with van der Waals surface area (Å²) in [5.41, 5.74) is 0.942. The number of benzene rings is 1. The van der Waals surface area contributed by atoms with E-state index in [1.165, 1.54) is 16.8 Å². The molecular weight excluding hydrogens is 531 g/mol. The van der Waals surface area contributed by atoms with Crippen LogP contribution in [0.5, 0.6) is 0 Å². The van der Waals surface area contributed by atoms with Crippen LogP contribution in [0, 0.1) is 22.3 Å². The third-order valence-electron chi connectivity index (χ3n) is 5.46. The zero-order valence-corrected chi connectivity index (χ0v) is 19.4. The van der Waals surface area contributed by atoms with Crippen molar-refractivity contribution in [2.45, 2.75) is 32.7 Å². The molecule has 0 saturated carbocycles. The molecule has 0 aliphatic carbocycles. The summed E-state index contributed by atoms with van der Waals surface area (Å²) in [7, 11) is 0. The van der Waals surface area contributed by atoms with E-state index in [-0.39, 0.29) is 23.8 Å². The number of hydrogen-bond acceptors (Lipinski definition) is 6. The van der Waals surface area contributed by atoms with Crippen molar-refractivity contribution in [2.75, 3.05) is 5.32 Å². The number of nitrogens with one attached hydrogen (secondary N) is 1. The van der Waals surface area contributed by atoms with Crippen molar-refractivity contribution in [3.63, 3.8) is 0 Å². The van der Waals surface area contributed by atoms with Crippen LogP contribution < -0.4 is 5.32 Å². The number of halogens is 3. The Hall–Kier alpha value is -3.09. The fraction of sp³-hybridized carbons (Fsp3) is 0.238. The van der Waals surface area contributed by atoms with Crippen LogP contribution >= 0.6 is 22.6 Å². The number of rotatable bonds is 3. The van der Waals surface area contributed by atoms with Gasteiger partial charge in [-0.1, -0.05) is 12.1 Å². The number of aryl methyl sites for hydroxylation is 1. The highest BCUT2D eigenvalue weighted by Crippen LogP contribution is 2.40. The minimum atomic E-state index is -0.934. The van der Waals surface area contributed by atoms with Crippen molar-refractivity contribution in [2.24, 2.45) is 0 Å². The fourth-order valence-corrected chi connectivity index (χ4v) is 4.87. The third kappa shape index (κ3) is 3.14. The van der Waals surface area contributed by atoms with Gasteiger partial charge in [-0.2, -0.15) is 5.10 Å². The molecule has 0 bridgehead atoms. The molecule has 0 unspecified atom stereocenters. The number of amides is 1. The number of nitrogens with zero attached hydrogens (tertiary/aromatic N) is 6. The molecule has 1 aliphatic rings. The van der Waals surface area contributed by atoms with Crippen LogP contribution in [0.15, 0.2) is 24.4 Å². The first-order valence-electron chi connectivity index (χ1n) is 9.69. The molecule has 0 spiro atoms. The molecule has 0 saturated heterocycles. The largest absolute Gasteiger partial charge is 0.310 e. The van der Waals surface area contributed by atoms with Crippen molar-refractivity contribution < 1.29 is 13.6 Å². The molecule has 32 heavy (non-hydrogen) atoms. The summed E-state index contributed by atoms with van der Waals surface area (Å²) in [6.45, 7) is 5.31.